The Morgan fingerprint density at radius 1 is 0.969 bits per heavy atom. The van der Waals surface area contributed by atoms with Gasteiger partial charge in [0.2, 0.25) is 0 Å². The van der Waals surface area contributed by atoms with Crippen LogP contribution in [0.1, 0.15) is 48.9 Å². The Kier molecular flexibility index (Phi) is 7.06. The molecule has 0 bridgehead atoms. The van der Waals surface area contributed by atoms with Crippen LogP contribution in [0.5, 0.6) is 0 Å². The van der Waals surface area contributed by atoms with Gasteiger partial charge in [-0.2, -0.15) is 0 Å². The van der Waals surface area contributed by atoms with Crippen LogP contribution in [0.15, 0.2) is 36.5 Å². The number of likely N-dealkylation sites (tertiary alicyclic amines) is 1. The molecular formula is C26H34ClFN4. The molecule has 0 N–H and O–H groups in total. The summed E-state index contributed by atoms with van der Waals surface area (Å²) >= 11 is 0. The van der Waals surface area contributed by atoms with Gasteiger partial charge in [0.25, 0.3) is 0 Å². The lowest BCUT2D eigenvalue weighted by atomic mass is 10.00. The number of halogens is 2. The second-order valence-electron chi connectivity index (χ2n) is 9.23. The van der Waals surface area contributed by atoms with Crippen LogP contribution in [-0.2, 0) is 6.54 Å². The van der Waals surface area contributed by atoms with Crippen LogP contribution in [0.3, 0.4) is 0 Å². The van der Waals surface area contributed by atoms with Crippen LogP contribution < -0.4 is 4.90 Å². The summed E-state index contributed by atoms with van der Waals surface area (Å²) in [6.45, 7) is 9.45. The highest BCUT2D eigenvalue weighted by atomic mass is 35.5. The van der Waals surface area contributed by atoms with Crippen LogP contribution in [0, 0.1) is 19.7 Å². The number of pyridine rings is 1. The zero-order chi connectivity index (χ0) is 21.4. The fourth-order valence-electron chi connectivity index (χ4n) is 5.53. The van der Waals surface area contributed by atoms with E-state index in [0.717, 1.165) is 30.0 Å². The first-order valence-corrected chi connectivity index (χ1v) is 11.8. The molecule has 2 fully saturated rings. The first kappa shape index (κ1) is 23.1. The first-order valence-electron chi connectivity index (χ1n) is 11.8. The van der Waals surface area contributed by atoms with Gasteiger partial charge in [-0.05, 0) is 70.3 Å². The second kappa shape index (κ2) is 9.80. The molecule has 1 aromatic carbocycles. The van der Waals surface area contributed by atoms with Crippen LogP contribution in [0.25, 0.3) is 10.9 Å². The Balaban J connectivity index is 0.00000245. The molecule has 5 rings (SSSR count). The highest BCUT2D eigenvalue weighted by Gasteiger charge is 2.28. The normalized spacial score (nSPS) is 18.2. The van der Waals surface area contributed by atoms with Crippen LogP contribution >= 0.6 is 12.4 Å². The number of nitrogens with zero attached hydrogens (tertiary/aromatic N) is 4. The van der Waals surface area contributed by atoms with Crippen LogP contribution in [0.2, 0.25) is 0 Å². The van der Waals surface area contributed by atoms with E-state index in [-0.39, 0.29) is 18.2 Å². The average molecular weight is 457 g/mol. The Morgan fingerprint density at radius 2 is 1.69 bits per heavy atom. The summed E-state index contributed by atoms with van der Waals surface area (Å²) in [5.74, 6) is 0.913. The van der Waals surface area contributed by atoms with E-state index in [1.54, 1.807) is 12.1 Å². The smallest absolute Gasteiger partial charge is 0.153 e. The van der Waals surface area contributed by atoms with Gasteiger partial charge in [-0.15, -0.1) is 12.4 Å². The van der Waals surface area contributed by atoms with Gasteiger partial charge in [-0.3, -0.25) is 0 Å². The Hall–Kier alpha value is -2.11. The zero-order valence-electron chi connectivity index (χ0n) is 19.2. The third kappa shape index (κ3) is 4.25. The molecule has 0 unspecified atom stereocenters. The number of aromatic nitrogens is 2. The summed E-state index contributed by atoms with van der Waals surface area (Å²) in [6.07, 6.45) is 8.42. The van der Waals surface area contributed by atoms with E-state index < -0.39 is 0 Å². The lowest BCUT2D eigenvalue weighted by molar-refractivity contribution is 0.141. The fraction of sp³-hybridized carbons (Fsp3) is 0.500. The predicted octanol–water partition coefficient (Wildman–Crippen LogP) is 5.72. The number of benzene rings is 1. The third-order valence-corrected chi connectivity index (χ3v) is 7.48. The second-order valence-corrected chi connectivity index (χ2v) is 9.23. The van der Waals surface area contributed by atoms with E-state index in [0.29, 0.717) is 12.6 Å². The van der Waals surface area contributed by atoms with Gasteiger partial charge in [-0.1, -0.05) is 24.6 Å². The Bertz CT molecular complexity index is 1070. The van der Waals surface area contributed by atoms with E-state index in [1.165, 1.54) is 61.8 Å². The quantitative estimate of drug-likeness (QED) is 0.502. The molecule has 0 atom stereocenters. The summed E-state index contributed by atoms with van der Waals surface area (Å²) < 4.78 is 16.7. The maximum Gasteiger partial charge on any atom is 0.153 e. The van der Waals surface area contributed by atoms with Crippen molar-refractivity contribution in [2.45, 2.75) is 58.5 Å². The minimum Gasteiger partial charge on any atom is -0.355 e. The van der Waals surface area contributed by atoms with Crippen molar-refractivity contribution in [3.8, 4) is 0 Å². The molecule has 6 heteroatoms. The molecule has 2 aliphatic heterocycles. The number of anilines is 1. The van der Waals surface area contributed by atoms with Gasteiger partial charge in [0.1, 0.15) is 5.82 Å². The summed E-state index contributed by atoms with van der Waals surface area (Å²) in [7, 11) is 0. The van der Waals surface area contributed by atoms with Crippen molar-refractivity contribution < 1.29 is 4.39 Å². The van der Waals surface area contributed by atoms with Gasteiger partial charge >= 0.3 is 0 Å². The van der Waals surface area contributed by atoms with Gasteiger partial charge < -0.3 is 14.4 Å². The number of fused-ring (bicyclic) bond motifs is 1. The SMILES string of the molecule is Cc1c(C)n(Cc2ccccc2F)c2c(N3CCC(N4CCCCC4)CC3)nccc12.Cl. The van der Waals surface area contributed by atoms with Crippen molar-refractivity contribution in [2.24, 2.45) is 0 Å². The van der Waals surface area contributed by atoms with Gasteiger partial charge in [0, 0.05) is 42.0 Å². The summed E-state index contributed by atoms with van der Waals surface area (Å²) in [5.41, 5.74) is 4.33. The first-order chi connectivity index (χ1) is 15.1. The molecule has 32 heavy (non-hydrogen) atoms. The summed E-state index contributed by atoms with van der Waals surface area (Å²) in [6, 6.07) is 9.93. The fourth-order valence-corrected chi connectivity index (χ4v) is 5.53. The van der Waals surface area contributed by atoms with E-state index in [4.69, 9.17) is 4.98 Å². The lowest BCUT2D eigenvalue weighted by Crippen LogP contribution is -2.47. The zero-order valence-corrected chi connectivity index (χ0v) is 20.0. The number of aryl methyl sites for hydroxylation is 1. The molecular weight excluding hydrogens is 423 g/mol. The molecule has 0 radical (unpaired) electrons. The molecule has 0 amide bonds. The van der Waals surface area contributed by atoms with Crippen LogP contribution in [0.4, 0.5) is 10.2 Å². The molecule has 2 aliphatic rings. The molecule has 172 valence electrons. The molecule has 4 nitrogen and oxygen atoms in total. The van der Waals surface area contributed by atoms with E-state index >= 15 is 0 Å². The third-order valence-electron chi connectivity index (χ3n) is 7.48. The Morgan fingerprint density at radius 3 is 2.41 bits per heavy atom. The summed E-state index contributed by atoms with van der Waals surface area (Å²) in [5, 5.41) is 1.23. The van der Waals surface area contributed by atoms with Gasteiger partial charge in [0.15, 0.2) is 5.82 Å². The highest BCUT2D eigenvalue weighted by molar-refractivity contribution is 5.93. The standard InChI is InChI=1S/C26H33FN4.ClH/c1-19-20(2)31(18-21-8-4-5-9-24(21)27)25-23(19)10-13-28-26(25)30-16-11-22(12-17-30)29-14-6-3-7-15-29;/h4-5,8-10,13,22H,3,6-7,11-12,14-18H2,1-2H3;1H. The Labute approximate surface area is 196 Å². The van der Waals surface area contributed by atoms with Crippen molar-refractivity contribution in [3.63, 3.8) is 0 Å². The van der Waals surface area contributed by atoms with Crippen molar-refractivity contribution in [2.75, 3.05) is 31.1 Å². The predicted molar refractivity (Wildman–Crippen MR) is 133 cm³/mol. The molecule has 3 aromatic rings. The molecule has 0 saturated carbocycles. The van der Waals surface area contributed by atoms with E-state index in [1.807, 2.05) is 18.3 Å². The van der Waals surface area contributed by atoms with Gasteiger partial charge in [-0.25, -0.2) is 9.37 Å². The number of rotatable bonds is 4. The molecule has 0 aliphatic carbocycles. The van der Waals surface area contributed by atoms with E-state index in [9.17, 15) is 4.39 Å². The maximum atomic E-state index is 14.4. The minimum absolute atomic E-state index is 0. The van der Waals surface area contributed by atoms with Crippen molar-refractivity contribution in [3.05, 3.63) is 59.2 Å². The monoisotopic (exact) mass is 456 g/mol. The highest BCUT2D eigenvalue weighted by Crippen LogP contribution is 2.34. The van der Waals surface area contributed by atoms with E-state index in [2.05, 4.69) is 34.3 Å². The van der Waals surface area contributed by atoms with Gasteiger partial charge in [0.05, 0.1) is 12.1 Å². The van der Waals surface area contributed by atoms with Crippen LogP contribution in [-0.4, -0.2) is 46.7 Å². The molecule has 0 spiro atoms. The van der Waals surface area contributed by atoms with Crippen molar-refractivity contribution in [1.29, 1.82) is 0 Å². The molecule has 2 aromatic heterocycles. The molecule has 4 heterocycles. The minimum atomic E-state index is -0.144. The number of hydrogen-bond acceptors (Lipinski definition) is 3. The average Bonchev–Trinajstić information content (AvgIpc) is 3.06. The summed E-state index contributed by atoms with van der Waals surface area (Å²) in [4.78, 5) is 10.0. The topological polar surface area (TPSA) is 24.3 Å². The number of piperidine rings is 2. The van der Waals surface area contributed by atoms with Crippen molar-refractivity contribution >= 4 is 29.1 Å². The maximum absolute atomic E-state index is 14.4. The molecule has 2 saturated heterocycles. The lowest BCUT2D eigenvalue weighted by Gasteiger charge is -2.40. The van der Waals surface area contributed by atoms with Crippen molar-refractivity contribution in [1.82, 2.24) is 14.5 Å². The largest absolute Gasteiger partial charge is 0.355 e. The number of hydrogen-bond donors (Lipinski definition) is 0.